The minimum absolute atomic E-state index is 0.0981. The van der Waals surface area contributed by atoms with Crippen molar-refractivity contribution in [2.24, 2.45) is 0 Å². The highest BCUT2D eigenvalue weighted by atomic mass is 16.3. The highest BCUT2D eigenvalue weighted by molar-refractivity contribution is 5.78. The summed E-state index contributed by atoms with van der Waals surface area (Å²) in [5.74, 6) is 1.01. The second-order valence-corrected chi connectivity index (χ2v) is 5.13. The van der Waals surface area contributed by atoms with Gasteiger partial charge in [-0.2, -0.15) is 0 Å². The summed E-state index contributed by atoms with van der Waals surface area (Å²) >= 11 is 0. The topological polar surface area (TPSA) is 57.5 Å². The second kappa shape index (κ2) is 7.31. The number of hydrogen-bond acceptors (Lipinski definition) is 4. The molecule has 0 aliphatic carbocycles. The first kappa shape index (κ1) is 14.1. The highest BCUT2D eigenvalue weighted by Gasteiger charge is 2.14. The van der Waals surface area contributed by atoms with Crippen LogP contribution in [0, 0.1) is 0 Å². The Morgan fingerprint density at radius 3 is 3.21 bits per heavy atom. The van der Waals surface area contributed by atoms with Crippen LogP contribution in [0.1, 0.15) is 19.1 Å². The molecule has 2 heterocycles. The van der Waals surface area contributed by atoms with Crippen molar-refractivity contribution < 1.29 is 9.21 Å². The van der Waals surface area contributed by atoms with E-state index in [-0.39, 0.29) is 11.9 Å². The third kappa shape index (κ3) is 5.04. The van der Waals surface area contributed by atoms with Crippen molar-refractivity contribution in [3.05, 3.63) is 24.2 Å². The van der Waals surface area contributed by atoms with Gasteiger partial charge in [0.1, 0.15) is 5.76 Å². The predicted molar refractivity (Wildman–Crippen MR) is 73.9 cm³/mol. The molecule has 0 bridgehead atoms. The average molecular weight is 265 g/mol. The first-order chi connectivity index (χ1) is 9.24. The minimum atomic E-state index is 0.0981. The van der Waals surface area contributed by atoms with Crippen LogP contribution in [0.2, 0.25) is 0 Å². The van der Waals surface area contributed by atoms with Crippen molar-refractivity contribution in [1.29, 1.82) is 0 Å². The van der Waals surface area contributed by atoms with Gasteiger partial charge in [0.25, 0.3) is 0 Å². The largest absolute Gasteiger partial charge is 0.469 e. The van der Waals surface area contributed by atoms with Crippen molar-refractivity contribution in [3.8, 4) is 0 Å². The van der Waals surface area contributed by atoms with E-state index in [0.29, 0.717) is 6.54 Å². The summed E-state index contributed by atoms with van der Waals surface area (Å²) in [4.78, 5) is 14.2. The summed E-state index contributed by atoms with van der Waals surface area (Å²) in [7, 11) is 0. The van der Waals surface area contributed by atoms with Gasteiger partial charge in [0.2, 0.25) is 5.91 Å². The lowest BCUT2D eigenvalue weighted by molar-refractivity contribution is -0.122. The molecule has 0 saturated carbocycles. The summed E-state index contributed by atoms with van der Waals surface area (Å²) in [6.45, 7) is 6.45. The van der Waals surface area contributed by atoms with Crippen molar-refractivity contribution in [1.82, 2.24) is 15.5 Å². The van der Waals surface area contributed by atoms with Crippen LogP contribution in [0.15, 0.2) is 22.8 Å². The minimum Gasteiger partial charge on any atom is -0.469 e. The molecular weight excluding hydrogens is 242 g/mol. The van der Waals surface area contributed by atoms with Gasteiger partial charge in [-0.15, -0.1) is 0 Å². The summed E-state index contributed by atoms with van der Waals surface area (Å²) in [6, 6.07) is 3.90. The van der Waals surface area contributed by atoms with E-state index in [2.05, 4.69) is 15.5 Å². The molecule has 1 aliphatic rings. The molecular formula is C14H23N3O2. The van der Waals surface area contributed by atoms with Gasteiger partial charge in [-0.3, -0.25) is 9.69 Å². The Bertz CT molecular complexity index is 370. The Kier molecular flexibility index (Phi) is 5.42. The molecule has 1 aromatic rings. The van der Waals surface area contributed by atoms with Crippen LogP contribution in [0.4, 0.5) is 0 Å². The van der Waals surface area contributed by atoms with Gasteiger partial charge in [-0.25, -0.2) is 0 Å². The van der Waals surface area contributed by atoms with E-state index in [1.807, 2.05) is 19.1 Å². The molecule has 1 unspecified atom stereocenters. The van der Waals surface area contributed by atoms with E-state index in [1.165, 1.54) is 0 Å². The van der Waals surface area contributed by atoms with E-state index >= 15 is 0 Å². The van der Waals surface area contributed by atoms with Crippen LogP contribution in [-0.2, 0) is 11.2 Å². The average Bonchev–Trinajstić information content (AvgIpc) is 2.72. The van der Waals surface area contributed by atoms with Crippen molar-refractivity contribution in [3.63, 3.8) is 0 Å². The van der Waals surface area contributed by atoms with Crippen molar-refractivity contribution >= 4 is 5.91 Å². The quantitative estimate of drug-likeness (QED) is 0.819. The molecule has 0 spiro atoms. The maximum atomic E-state index is 12.0. The Balaban J connectivity index is 1.70. The molecule has 1 aliphatic heterocycles. The van der Waals surface area contributed by atoms with Crippen LogP contribution in [-0.4, -0.2) is 49.6 Å². The van der Waals surface area contributed by atoms with Gasteiger partial charge in [-0.1, -0.05) is 0 Å². The van der Waals surface area contributed by atoms with Crippen LogP contribution >= 0.6 is 0 Å². The van der Waals surface area contributed by atoms with Crippen molar-refractivity contribution in [2.75, 3.05) is 32.7 Å². The number of furan rings is 1. The molecule has 1 amide bonds. The zero-order chi connectivity index (χ0) is 13.5. The maximum absolute atomic E-state index is 12.0. The lowest BCUT2D eigenvalue weighted by Gasteiger charge is -2.20. The molecule has 0 aromatic carbocycles. The van der Waals surface area contributed by atoms with Gasteiger partial charge in [0.15, 0.2) is 0 Å². The standard InChI is InChI=1S/C14H23N3O2/c1-12(10-13-4-2-9-19-13)16-14(18)11-17-7-3-5-15-6-8-17/h2,4,9,12,15H,3,5-8,10-11H2,1H3,(H,16,18). The Morgan fingerprint density at radius 2 is 2.42 bits per heavy atom. The molecule has 1 fully saturated rings. The molecule has 2 rings (SSSR count). The molecule has 106 valence electrons. The normalized spacial score (nSPS) is 18.8. The number of carbonyl (C=O) groups is 1. The van der Waals surface area contributed by atoms with Gasteiger partial charge < -0.3 is 15.1 Å². The Morgan fingerprint density at radius 1 is 1.53 bits per heavy atom. The summed E-state index contributed by atoms with van der Waals surface area (Å²) in [5.41, 5.74) is 0. The zero-order valence-electron chi connectivity index (χ0n) is 11.5. The van der Waals surface area contributed by atoms with Crippen LogP contribution in [0.25, 0.3) is 0 Å². The third-order valence-corrected chi connectivity index (χ3v) is 3.29. The van der Waals surface area contributed by atoms with Gasteiger partial charge >= 0.3 is 0 Å². The van der Waals surface area contributed by atoms with E-state index in [4.69, 9.17) is 4.42 Å². The summed E-state index contributed by atoms with van der Waals surface area (Å²) in [6.07, 6.45) is 3.50. The molecule has 0 radical (unpaired) electrons. The predicted octanol–water partition coefficient (Wildman–Crippen LogP) is 0.622. The molecule has 2 N–H and O–H groups in total. The number of nitrogens with one attached hydrogen (secondary N) is 2. The second-order valence-electron chi connectivity index (χ2n) is 5.13. The molecule has 5 heteroatoms. The first-order valence-electron chi connectivity index (χ1n) is 6.99. The summed E-state index contributed by atoms with van der Waals surface area (Å²) < 4.78 is 5.28. The van der Waals surface area contributed by atoms with E-state index in [9.17, 15) is 4.79 Å². The Hall–Kier alpha value is -1.33. The first-order valence-corrected chi connectivity index (χ1v) is 6.99. The number of rotatable bonds is 5. The van der Waals surface area contributed by atoms with Crippen molar-refractivity contribution in [2.45, 2.75) is 25.8 Å². The number of hydrogen-bond donors (Lipinski definition) is 2. The van der Waals surface area contributed by atoms with Gasteiger partial charge in [-0.05, 0) is 38.6 Å². The molecule has 1 aromatic heterocycles. The van der Waals surface area contributed by atoms with E-state index < -0.39 is 0 Å². The smallest absolute Gasteiger partial charge is 0.234 e. The number of amides is 1. The molecule has 1 atom stereocenters. The number of carbonyl (C=O) groups excluding carboxylic acids is 1. The fraction of sp³-hybridized carbons (Fsp3) is 0.643. The van der Waals surface area contributed by atoms with Gasteiger partial charge in [0.05, 0.1) is 12.8 Å². The monoisotopic (exact) mass is 265 g/mol. The fourth-order valence-corrected chi connectivity index (χ4v) is 2.36. The fourth-order valence-electron chi connectivity index (χ4n) is 2.36. The molecule has 5 nitrogen and oxygen atoms in total. The lowest BCUT2D eigenvalue weighted by atomic mass is 10.2. The Labute approximate surface area is 114 Å². The van der Waals surface area contributed by atoms with E-state index in [0.717, 1.165) is 44.8 Å². The summed E-state index contributed by atoms with van der Waals surface area (Å²) in [5, 5.41) is 6.36. The maximum Gasteiger partial charge on any atom is 0.234 e. The zero-order valence-corrected chi connectivity index (χ0v) is 11.5. The van der Waals surface area contributed by atoms with Gasteiger partial charge in [0, 0.05) is 25.6 Å². The highest BCUT2D eigenvalue weighted by Crippen LogP contribution is 2.04. The van der Waals surface area contributed by atoms with Crippen LogP contribution < -0.4 is 10.6 Å². The SMILES string of the molecule is CC(Cc1ccco1)NC(=O)CN1CCCNCC1. The van der Waals surface area contributed by atoms with Crippen LogP contribution in [0.5, 0.6) is 0 Å². The lowest BCUT2D eigenvalue weighted by Crippen LogP contribution is -2.42. The third-order valence-electron chi connectivity index (χ3n) is 3.29. The van der Waals surface area contributed by atoms with Crippen LogP contribution in [0.3, 0.4) is 0 Å². The number of nitrogens with zero attached hydrogens (tertiary/aromatic N) is 1. The molecule has 1 saturated heterocycles. The van der Waals surface area contributed by atoms with E-state index in [1.54, 1.807) is 6.26 Å². The molecule has 19 heavy (non-hydrogen) atoms.